The van der Waals surface area contributed by atoms with Gasteiger partial charge >= 0.3 is 0 Å². The van der Waals surface area contributed by atoms with Gasteiger partial charge in [0.2, 0.25) is 0 Å². The van der Waals surface area contributed by atoms with Crippen LogP contribution in [0.15, 0.2) is 0 Å². The van der Waals surface area contributed by atoms with E-state index in [0.717, 1.165) is 12.8 Å². The minimum absolute atomic E-state index is 0.0304. The highest BCUT2D eigenvalue weighted by Crippen LogP contribution is 2.22. The molecular formula is C12H27N3O2S. The molecule has 18 heavy (non-hydrogen) atoms. The molecule has 0 aromatic rings. The Kier molecular flexibility index (Phi) is 5.17. The molecule has 0 aromatic carbocycles. The van der Waals surface area contributed by atoms with E-state index in [2.05, 4.69) is 0 Å². The normalized spacial score (nSPS) is 20.6. The second-order valence-corrected chi connectivity index (χ2v) is 8.44. The molecule has 0 aromatic heterocycles. The van der Waals surface area contributed by atoms with Gasteiger partial charge in [-0.15, -0.1) is 0 Å². The summed E-state index contributed by atoms with van der Waals surface area (Å²) in [6.45, 7) is 8.51. The molecule has 0 bridgehead atoms. The van der Waals surface area contributed by atoms with Crippen molar-refractivity contribution in [2.75, 3.05) is 33.2 Å². The molecule has 0 spiro atoms. The monoisotopic (exact) mass is 277 g/mol. The van der Waals surface area contributed by atoms with Crippen molar-refractivity contribution < 1.29 is 8.42 Å². The third-order valence-corrected chi connectivity index (χ3v) is 5.26. The maximum absolute atomic E-state index is 12.4. The first-order valence-electron chi connectivity index (χ1n) is 6.58. The molecule has 1 aliphatic rings. The van der Waals surface area contributed by atoms with E-state index >= 15 is 0 Å². The first-order valence-corrected chi connectivity index (χ1v) is 7.98. The largest absolute Gasteiger partial charge is 0.330 e. The SMILES string of the molecule is CN(CC(C)(C)C)S(=O)(=O)N1CCC(CN)CC1. The van der Waals surface area contributed by atoms with Crippen LogP contribution in [-0.4, -0.2) is 50.3 Å². The van der Waals surface area contributed by atoms with Gasteiger partial charge in [-0.2, -0.15) is 17.0 Å². The molecule has 0 radical (unpaired) electrons. The summed E-state index contributed by atoms with van der Waals surface area (Å²) in [7, 11) is -1.64. The van der Waals surface area contributed by atoms with E-state index in [1.165, 1.54) is 4.31 Å². The molecule has 0 atom stereocenters. The average molecular weight is 277 g/mol. The second kappa shape index (κ2) is 5.86. The summed E-state index contributed by atoms with van der Waals surface area (Å²) < 4.78 is 27.8. The van der Waals surface area contributed by atoms with Crippen molar-refractivity contribution in [1.82, 2.24) is 8.61 Å². The molecule has 0 saturated carbocycles. The lowest BCUT2D eigenvalue weighted by Gasteiger charge is -2.35. The molecule has 1 heterocycles. The Morgan fingerprint density at radius 3 is 2.17 bits per heavy atom. The van der Waals surface area contributed by atoms with Gasteiger partial charge in [0.05, 0.1) is 0 Å². The van der Waals surface area contributed by atoms with Gasteiger partial charge in [-0.1, -0.05) is 20.8 Å². The first-order chi connectivity index (χ1) is 8.16. The Hall–Kier alpha value is -0.170. The van der Waals surface area contributed by atoms with Crippen LogP contribution in [0, 0.1) is 11.3 Å². The van der Waals surface area contributed by atoms with Crippen molar-refractivity contribution in [2.45, 2.75) is 33.6 Å². The summed E-state index contributed by atoms with van der Waals surface area (Å²) in [5.41, 5.74) is 5.59. The molecule has 1 rings (SSSR count). The van der Waals surface area contributed by atoms with Gasteiger partial charge in [-0.25, -0.2) is 0 Å². The Bertz CT molecular complexity index is 354. The van der Waals surface area contributed by atoms with Crippen LogP contribution in [0.4, 0.5) is 0 Å². The van der Waals surface area contributed by atoms with Crippen LogP contribution in [0.5, 0.6) is 0 Å². The zero-order valence-corrected chi connectivity index (χ0v) is 12.8. The summed E-state index contributed by atoms with van der Waals surface area (Å²) in [6, 6.07) is 0. The zero-order chi connectivity index (χ0) is 14.0. The maximum atomic E-state index is 12.4. The molecule has 0 aliphatic carbocycles. The molecule has 1 fully saturated rings. The van der Waals surface area contributed by atoms with Crippen LogP contribution >= 0.6 is 0 Å². The Morgan fingerprint density at radius 2 is 1.78 bits per heavy atom. The van der Waals surface area contributed by atoms with Crippen LogP contribution < -0.4 is 5.73 Å². The fourth-order valence-corrected chi connectivity index (χ4v) is 3.94. The zero-order valence-electron chi connectivity index (χ0n) is 12.0. The molecule has 2 N–H and O–H groups in total. The number of rotatable bonds is 4. The first kappa shape index (κ1) is 15.9. The third-order valence-electron chi connectivity index (χ3n) is 3.32. The fourth-order valence-electron chi connectivity index (χ4n) is 2.32. The van der Waals surface area contributed by atoms with Crippen LogP contribution in [-0.2, 0) is 10.2 Å². The van der Waals surface area contributed by atoms with Crippen molar-refractivity contribution in [3.8, 4) is 0 Å². The van der Waals surface area contributed by atoms with Crippen molar-refractivity contribution in [1.29, 1.82) is 0 Å². The maximum Gasteiger partial charge on any atom is 0.281 e. The van der Waals surface area contributed by atoms with Gasteiger partial charge < -0.3 is 5.73 Å². The van der Waals surface area contributed by atoms with E-state index in [1.807, 2.05) is 20.8 Å². The minimum atomic E-state index is -3.30. The predicted molar refractivity (Wildman–Crippen MR) is 74.4 cm³/mol. The molecule has 0 unspecified atom stereocenters. The minimum Gasteiger partial charge on any atom is -0.330 e. The van der Waals surface area contributed by atoms with Crippen LogP contribution in [0.2, 0.25) is 0 Å². The lowest BCUT2D eigenvalue weighted by molar-refractivity contribution is 0.245. The Balaban J connectivity index is 2.64. The van der Waals surface area contributed by atoms with Crippen LogP contribution in [0.1, 0.15) is 33.6 Å². The van der Waals surface area contributed by atoms with Gasteiger partial charge in [-0.05, 0) is 30.7 Å². The van der Waals surface area contributed by atoms with Gasteiger partial charge in [0, 0.05) is 26.7 Å². The summed E-state index contributed by atoms with van der Waals surface area (Å²) in [4.78, 5) is 0. The van der Waals surface area contributed by atoms with Crippen molar-refractivity contribution in [2.24, 2.45) is 17.1 Å². The predicted octanol–water partition coefficient (Wildman–Crippen LogP) is 0.880. The fraction of sp³-hybridized carbons (Fsp3) is 1.00. The van der Waals surface area contributed by atoms with E-state index in [9.17, 15) is 8.42 Å². The number of nitrogens with zero attached hydrogens (tertiary/aromatic N) is 2. The second-order valence-electron chi connectivity index (χ2n) is 6.40. The molecule has 6 heteroatoms. The van der Waals surface area contributed by atoms with Gasteiger partial charge in [0.15, 0.2) is 0 Å². The van der Waals surface area contributed by atoms with E-state index in [-0.39, 0.29) is 5.41 Å². The van der Waals surface area contributed by atoms with Crippen molar-refractivity contribution >= 4 is 10.2 Å². The van der Waals surface area contributed by atoms with E-state index in [4.69, 9.17) is 5.73 Å². The van der Waals surface area contributed by atoms with Crippen LogP contribution in [0.3, 0.4) is 0 Å². The Morgan fingerprint density at radius 1 is 1.28 bits per heavy atom. The van der Waals surface area contributed by atoms with E-state index < -0.39 is 10.2 Å². The molecule has 108 valence electrons. The highest BCUT2D eigenvalue weighted by Gasteiger charge is 2.32. The quantitative estimate of drug-likeness (QED) is 0.829. The van der Waals surface area contributed by atoms with Gasteiger partial charge in [0.25, 0.3) is 10.2 Å². The van der Waals surface area contributed by atoms with Crippen LogP contribution in [0.25, 0.3) is 0 Å². The van der Waals surface area contributed by atoms with Crippen molar-refractivity contribution in [3.05, 3.63) is 0 Å². The highest BCUT2D eigenvalue weighted by atomic mass is 32.2. The van der Waals surface area contributed by atoms with E-state index in [0.29, 0.717) is 32.1 Å². The third kappa shape index (κ3) is 4.19. The van der Waals surface area contributed by atoms with Gasteiger partial charge in [0.1, 0.15) is 0 Å². The number of hydrogen-bond acceptors (Lipinski definition) is 3. The number of hydrogen-bond donors (Lipinski definition) is 1. The number of nitrogens with two attached hydrogens (primary N) is 1. The lowest BCUT2D eigenvalue weighted by atomic mass is 9.97. The highest BCUT2D eigenvalue weighted by molar-refractivity contribution is 7.86. The Labute approximate surface area is 112 Å². The summed E-state index contributed by atoms with van der Waals surface area (Å²) in [6.07, 6.45) is 1.75. The molecular weight excluding hydrogens is 250 g/mol. The average Bonchev–Trinajstić information content (AvgIpc) is 2.27. The van der Waals surface area contributed by atoms with Crippen molar-refractivity contribution in [3.63, 3.8) is 0 Å². The molecule has 1 aliphatic heterocycles. The standard InChI is InChI=1S/C12H27N3O2S/c1-12(2,3)10-14(4)18(16,17)15-7-5-11(9-13)6-8-15/h11H,5-10,13H2,1-4H3. The molecule has 1 saturated heterocycles. The smallest absolute Gasteiger partial charge is 0.281 e. The molecule has 0 amide bonds. The lowest BCUT2D eigenvalue weighted by Crippen LogP contribution is -2.48. The summed E-state index contributed by atoms with van der Waals surface area (Å²) in [5.74, 6) is 0.476. The topological polar surface area (TPSA) is 66.6 Å². The summed E-state index contributed by atoms with van der Waals surface area (Å²) >= 11 is 0. The van der Waals surface area contributed by atoms with E-state index in [1.54, 1.807) is 11.4 Å². The van der Waals surface area contributed by atoms with Gasteiger partial charge in [-0.3, -0.25) is 0 Å². The summed E-state index contributed by atoms with van der Waals surface area (Å²) in [5, 5.41) is 0. The molecule has 5 nitrogen and oxygen atoms in total. The number of piperidine rings is 1.